The van der Waals surface area contributed by atoms with Gasteiger partial charge in [-0.1, -0.05) is 12.1 Å². The monoisotopic (exact) mass is 348 g/mol. The minimum atomic E-state index is -3.54. The molecule has 3 aromatic rings. The lowest BCUT2D eigenvalue weighted by atomic mass is 10.2. The molecule has 2 heterocycles. The maximum Gasteiger partial charge on any atom is 0.240 e. The zero-order valence-corrected chi connectivity index (χ0v) is 14.4. The fourth-order valence-electron chi connectivity index (χ4n) is 2.12. The zero-order valence-electron chi connectivity index (χ0n) is 12.7. The molecule has 0 bridgehead atoms. The molecule has 1 N–H and O–H groups in total. The molecule has 0 saturated carbocycles. The Balaban J connectivity index is 1.78. The van der Waals surface area contributed by atoms with Crippen molar-refractivity contribution in [1.82, 2.24) is 9.71 Å². The van der Waals surface area contributed by atoms with Gasteiger partial charge in [0.15, 0.2) is 10.8 Å². The molecule has 0 radical (unpaired) electrons. The highest BCUT2D eigenvalue weighted by atomic mass is 32.2. The summed E-state index contributed by atoms with van der Waals surface area (Å²) in [4.78, 5) is 5.57. The average Bonchev–Trinajstić information content (AvgIpc) is 3.15. The van der Waals surface area contributed by atoms with Gasteiger partial charge in [-0.05, 0) is 43.7 Å². The fourth-order valence-corrected chi connectivity index (χ4v) is 4.29. The summed E-state index contributed by atoms with van der Waals surface area (Å²) in [7, 11) is -3.54. The number of nitrogens with one attached hydrogen (secondary N) is 1. The van der Waals surface area contributed by atoms with Crippen LogP contribution in [0.15, 0.2) is 52.0 Å². The number of rotatable bonds is 5. The van der Waals surface area contributed by atoms with E-state index in [0.717, 1.165) is 21.1 Å². The molecule has 0 aliphatic heterocycles. The number of sulfonamides is 1. The Hall–Kier alpha value is -1.96. The molecular formula is C16H16N2O3S2. The summed E-state index contributed by atoms with van der Waals surface area (Å²) in [6.45, 7) is 3.93. The van der Waals surface area contributed by atoms with Gasteiger partial charge in [0.1, 0.15) is 0 Å². The third-order valence-corrected chi connectivity index (χ3v) is 5.92. The summed E-state index contributed by atoms with van der Waals surface area (Å²) in [5, 5.41) is 0.747. The van der Waals surface area contributed by atoms with Gasteiger partial charge in [0.05, 0.1) is 16.9 Å². The first-order valence-corrected chi connectivity index (χ1v) is 9.32. The maximum absolute atomic E-state index is 12.4. The molecule has 0 aliphatic carbocycles. The van der Waals surface area contributed by atoms with Crippen molar-refractivity contribution in [2.75, 3.05) is 0 Å². The average molecular weight is 348 g/mol. The Morgan fingerprint density at radius 1 is 1.22 bits per heavy atom. The van der Waals surface area contributed by atoms with Crippen molar-refractivity contribution in [3.63, 3.8) is 0 Å². The van der Waals surface area contributed by atoms with Crippen LogP contribution in [0.5, 0.6) is 0 Å². The van der Waals surface area contributed by atoms with Gasteiger partial charge in [0, 0.05) is 11.4 Å². The third-order valence-electron chi connectivity index (χ3n) is 3.35. The van der Waals surface area contributed by atoms with Gasteiger partial charge in [-0.25, -0.2) is 18.1 Å². The maximum atomic E-state index is 12.4. The molecule has 0 saturated heterocycles. The summed E-state index contributed by atoms with van der Waals surface area (Å²) < 4.78 is 32.7. The molecule has 0 unspecified atom stereocenters. The second-order valence-electron chi connectivity index (χ2n) is 5.15. The second-order valence-corrected chi connectivity index (χ2v) is 8.00. The van der Waals surface area contributed by atoms with Crippen molar-refractivity contribution in [2.24, 2.45) is 0 Å². The Morgan fingerprint density at radius 2 is 2.04 bits per heavy atom. The van der Waals surface area contributed by atoms with E-state index < -0.39 is 10.0 Å². The van der Waals surface area contributed by atoms with E-state index in [1.165, 1.54) is 11.3 Å². The number of thiazole rings is 1. The van der Waals surface area contributed by atoms with Crippen molar-refractivity contribution in [3.05, 3.63) is 58.8 Å². The quantitative estimate of drug-likeness (QED) is 0.766. The van der Waals surface area contributed by atoms with Crippen molar-refractivity contribution < 1.29 is 12.8 Å². The van der Waals surface area contributed by atoms with Crippen LogP contribution in [-0.4, -0.2) is 13.4 Å². The van der Waals surface area contributed by atoms with E-state index in [0.29, 0.717) is 5.76 Å². The van der Waals surface area contributed by atoms with Gasteiger partial charge in [0.2, 0.25) is 10.0 Å². The van der Waals surface area contributed by atoms with Gasteiger partial charge in [-0.2, -0.15) is 0 Å². The molecule has 0 amide bonds. The van der Waals surface area contributed by atoms with Crippen LogP contribution >= 0.6 is 11.3 Å². The van der Waals surface area contributed by atoms with E-state index in [2.05, 4.69) is 9.71 Å². The number of aromatic nitrogens is 1. The SMILES string of the molecule is Cc1cccc(S(=O)(=O)NCc2sc(-c3ccco3)nc2C)c1. The molecule has 0 spiro atoms. The molecular weight excluding hydrogens is 332 g/mol. The van der Waals surface area contributed by atoms with Gasteiger partial charge >= 0.3 is 0 Å². The molecule has 23 heavy (non-hydrogen) atoms. The summed E-state index contributed by atoms with van der Waals surface area (Å²) in [6.07, 6.45) is 1.59. The molecule has 0 atom stereocenters. The van der Waals surface area contributed by atoms with Gasteiger partial charge in [-0.3, -0.25) is 0 Å². The molecule has 0 aliphatic rings. The van der Waals surface area contributed by atoms with E-state index >= 15 is 0 Å². The smallest absolute Gasteiger partial charge is 0.240 e. The van der Waals surface area contributed by atoms with Crippen LogP contribution < -0.4 is 4.72 Å². The van der Waals surface area contributed by atoms with E-state index in [4.69, 9.17) is 4.42 Å². The second kappa shape index (κ2) is 6.27. The van der Waals surface area contributed by atoms with Crippen LogP contribution in [0.1, 0.15) is 16.1 Å². The fraction of sp³-hybridized carbons (Fsp3) is 0.188. The molecule has 3 rings (SSSR count). The minimum Gasteiger partial charge on any atom is -0.462 e. The zero-order chi connectivity index (χ0) is 16.4. The lowest BCUT2D eigenvalue weighted by Gasteiger charge is -2.06. The van der Waals surface area contributed by atoms with Crippen molar-refractivity contribution >= 4 is 21.4 Å². The van der Waals surface area contributed by atoms with E-state index in [9.17, 15) is 8.42 Å². The van der Waals surface area contributed by atoms with Gasteiger partial charge < -0.3 is 4.42 Å². The van der Waals surface area contributed by atoms with Crippen molar-refractivity contribution in [1.29, 1.82) is 0 Å². The van der Waals surface area contributed by atoms with Crippen molar-refractivity contribution in [3.8, 4) is 10.8 Å². The molecule has 1 aromatic carbocycles. The van der Waals surface area contributed by atoms with Gasteiger partial charge in [0.25, 0.3) is 0 Å². The first-order chi connectivity index (χ1) is 11.0. The standard InChI is InChI=1S/C16H16N2O3S2/c1-11-5-3-6-13(9-11)23(19,20)17-10-15-12(2)18-16(22-15)14-7-4-8-21-14/h3-9,17H,10H2,1-2H3. The number of furan rings is 1. The van der Waals surface area contributed by atoms with Crippen LogP contribution in [0, 0.1) is 13.8 Å². The largest absolute Gasteiger partial charge is 0.462 e. The predicted octanol–water partition coefficient (Wildman–Crippen LogP) is 3.50. The molecule has 5 nitrogen and oxygen atoms in total. The summed E-state index contributed by atoms with van der Waals surface area (Å²) in [6, 6.07) is 10.5. The minimum absolute atomic E-state index is 0.209. The number of benzene rings is 1. The number of hydrogen-bond donors (Lipinski definition) is 1. The Bertz CT molecular complexity index is 913. The lowest BCUT2D eigenvalue weighted by molar-refractivity contribution is 0.580. The highest BCUT2D eigenvalue weighted by Gasteiger charge is 2.17. The Morgan fingerprint density at radius 3 is 2.74 bits per heavy atom. The predicted molar refractivity (Wildman–Crippen MR) is 89.8 cm³/mol. The van der Waals surface area contributed by atoms with Crippen LogP contribution in [0.25, 0.3) is 10.8 Å². The van der Waals surface area contributed by atoms with Gasteiger partial charge in [-0.15, -0.1) is 11.3 Å². The van der Waals surface area contributed by atoms with Crippen LogP contribution in [0.3, 0.4) is 0 Å². The molecule has 2 aromatic heterocycles. The summed E-state index contributed by atoms with van der Waals surface area (Å²) in [5.41, 5.74) is 1.70. The highest BCUT2D eigenvalue weighted by molar-refractivity contribution is 7.89. The van der Waals surface area contributed by atoms with E-state index in [-0.39, 0.29) is 11.4 Å². The summed E-state index contributed by atoms with van der Waals surface area (Å²) in [5.74, 6) is 0.686. The number of nitrogens with zero attached hydrogens (tertiary/aromatic N) is 1. The van der Waals surface area contributed by atoms with E-state index in [1.807, 2.05) is 26.0 Å². The van der Waals surface area contributed by atoms with Crippen LogP contribution in [0.4, 0.5) is 0 Å². The normalized spacial score (nSPS) is 11.7. The van der Waals surface area contributed by atoms with E-state index in [1.54, 1.807) is 30.5 Å². The first-order valence-electron chi connectivity index (χ1n) is 7.02. The third kappa shape index (κ3) is 3.52. The molecule has 7 heteroatoms. The molecule has 120 valence electrons. The summed E-state index contributed by atoms with van der Waals surface area (Å²) >= 11 is 1.42. The Kier molecular flexibility index (Phi) is 4.34. The van der Waals surface area contributed by atoms with Crippen LogP contribution in [-0.2, 0) is 16.6 Å². The number of hydrogen-bond acceptors (Lipinski definition) is 5. The van der Waals surface area contributed by atoms with Crippen LogP contribution in [0.2, 0.25) is 0 Å². The molecule has 0 fully saturated rings. The Labute approximate surface area is 139 Å². The topological polar surface area (TPSA) is 72.2 Å². The number of aryl methyl sites for hydroxylation is 2. The lowest BCUT2D eigenvalue weighted by Crippen LogP contribution is -2.23. The van der Waals surface area contributed by atoms with Crippen molar-refractivity contribution in [2.45, 2.75) is 25.3 Å². The highest BCUT2D eigenvalue weighted by Crippen LogP contribution is 2.28. The first kappa shape index (κ1) is 15.9.